The predicted octanol–water partition coefficient (Wildman–Crippen LogP) is 0.817. The molecule has 0 bridgehead atoms. The lowest BCUT2D eigenvalue weighted by Crippen LogP contribution is -2.48. The molecule has 0 aromatic heterocycles. The van der Waals surface area contributed by atoms with Gasteiger partial charge in [-0.25, -0.2) is 12.7 Å². The van der Waals surface area contributed by atoms with Gasteiger partial charge >= 0.3 is 0 Å². The molecule has 1 saturated heterocycles. The summed E-state index contributed by atoms with van der Waals surface area (Å²) in [6.45, 7) is 3.25. The molecule has 96 valence electrons. The van der Waals surface area contributed by atoms with Gasteiger partial charge in [0.2, 0.25) is 10.0 Å². The summed E-state index contributed by atoms with van der Waals surface area (Å²) in [4.78, 5) is 0. The molecule has 0 aromatic rings. The van der Waals surface area contributed by atoms with Crippen LogP contribution in [0.3, 0.4) is 0 Å². The average Bonchev–Trinajstić information content (AvgIpc) is 2.92. The highest BCUT2D eigenvalue weighted by molar-refractivity contribution is 7.89. The van der Waals surface area contributed by atoms with Crippen molar-refractivity contribution in [1.29, 1.82) is 0 Å². The summed E-state index contributed by atoms with van der Waals surface area (Å²) in [5, 5.41) is 0. The van der Waals surface area contributed by atoms with Gasteiger partial charge in [0.15, 0.2) is 0 Å². The lowest BCUT2D eigenvalue weighted by atomic mass is 9.96. The molecule has 2 rings (SSSR count). The summed E-state index contributed by atoms with van der Waals surface area (Å²) in [7, 11) is -3.00. The standard InChI is InChI=1S/C10H20N2O2S.ClH/c1-8-6-12(5-4-10(8)11)15(13,14)7-9-2-3-9;/h8-10H,2-7,11H2,1H3;1H. The van der Waals surface area contributed by atoms with Crippen LogP contribution in [0.15, 0.2) is 0 Å². The van der Waals surface area contributed by atoms with Crippen LogP contribution >= 0.6 is 12.4 Å². The van der Waals surface area contributed by atoms with Crippen LogP contribution in [-0.4, -0.2) is 37.6 Å². The van der Waals surface area contributed by atoms with Crippen molar-refractivity contribution in [2.45, 2.75) is 32.2 Å². The smallest absolute Gasteiger partial charge is 0.214 e. The number of halogens is 1. The third-order valence-electron chi connectivity index (χ3n) is 3.47. The molecule has 0 amide bonds. The fourth-order valence-electron chi connectivity index (χ4n) is 2.07. The number of nitrogens with zero attached hydrogens (tertiary/aromatic N) is 1. The summed E-state index contributed by atoms with van der Waals surface area (Å²) in [6, 6.07) is 0.164. The van der Waals surface area contributed by atoms with E-state index in [0.717, 1.165) is 19.3 Å². The van der Waals surface area contributed by atoms with Crippen LogP contribution in [0.2, 0.25) is 0 Å². The van der Waals surface area contributed by atoms with Crippen LogP contribution in [0.25, 0.3) is 0 Å². The van der Waals surface area contributed by atoms with E-state index in [1.54, 1.807) is 4.31 Å². The van der Waals surface area contributed by atoms with Gasteiger partial charge in [-0.2, -0.15) is 0 Å². The van der Waals surface area contributed by atoms with Crippen molar-refractivity contribution in [3.8, 4) is 0 Å². The monoisotopic (exact) mass is 268 g/mol. The molecule has 2 aliphatic rings. The van der Waals surface area contributed by atoms with Crippen LogP contribution in [0.5, 0.6) is 0 Å². The quantitative estimate of drug-likeness (QED) is 0.824. The van der Waals surface area contributed by atoms with Crippen molar-refractivity contribution in [3.63, 3.8) is 0 Å². The summed E-state index contributed by atoms with van der Waals surface area (Å²) >= 11 is 0. The maximum atomic E-state index is 12.0. The molecular formula is C10H21ClN2O2S. The summed E-state index contributed by atoms with van der Waals surface area (Å²) in [5.74, 6) is 1.07. The molecule has 2 N–H and O–H groups in total. The van der Waals surface area contributed by atoms with Gasteiger partial charge in [-0.1, -0.05) is 6.92 Å². The van der Waals surface area contributed by atoms with Gasteiger partial charge in [-0.15, -0.1) is 12.4 Å². The SMILES string of the molecule is CC1CN(S(=O)(=O)CC2CC2)CCC1N.Cl. The lowest BCUT2D eigenvalue weighted by molar-refractivity contribution is 0.250. The van der Waals surface area contributed by atoms with Crippen LogP contribution in [-0.2, 0) is 10.0 Å². The second-order valence-electron chi connectivity index (χ2n) is 5.01. The van der Waals surface area contributed by atoms with Crippen LogP contribution in [0, 0.1) is 11.8 Å². The molecular weight excluding hydrogens is 248 g/mol. The summed E-state index contributed by atoms with van der Waals surface area (Å²) in [6.07, 6.45) is 2.97. The van der Waals surface area contributed by atoms with Crippen molar-refractivity contribution in [3.05, 3.63) is 0 Å². The van der Waals surface area contributed by atoms with Crippen LogP contribution in [0.4, 0.5) is 0 Å². The zero-order valence-corrected chi connectivity index (χ0v) is 11.3. The van der Waals surface area contributed by atoms with E-state index in [2.05, 4.69) is 0 Å². The number of hydrogen-bond donors (Lipinski definition) is 1. The molecule has 1 aliphatic carbocycles. The molecule has 0 radical (unpaired) electrons. The summed E-state index contributed by atoms with van der Waals surface area (Å²) < 4.78 is 25.6. The van der Waals surface area contributed by atoms with Gasteiger partial charge in [0.25, 0.3) is 0 Å². The molecule has 0 aromatic carbocycles. The number of hydrogen-bond acceptors (Lipinski definition) is 3. The minimum absolute atomic E-state index is 0. The van der Waals surface area contributed by atoms with Crippen molar-refractivity contribution in [2.24, 2.45) is 17.6 Å². The van der Waals surface area contributed by atoms with Gasteiger partial charge < -0.3 is 5.73 Å². The van der Waals surface area contributed by atoms with Gasteiger partial charge in [0.05, 0.1) is 5.75 Å². The highest BCUT2D eigenvalue weighted by Crippen LogP contribution is 2.32. The highest BCUT2D eigenvalue weighted by Gasteiger charge is 2.35. The van der Waals surface area contributed by atoms with E-state index >= 15 is 0 Å². The van der Waals surface area contributed by atoms with E-state index in [4.69, 9.17) is 5.73 Å². The zero-order valence-electron chi connectivity index (χ0n) is 9.63. The third kappa shape index (κ3) is 3.32. The Hall–Kier alpha value is 0.160. The normalized spacial score (nSPS) is 32.1. The first-order valence-corrected chi connectivity index (χ1v) is 7.33. The first kappa shape index (κ1) is 14.2. The first-order chi connectivity index (χ1) is 6.99. The number of nitrogens with two attached hydrogens (primary N) is 1. The van der Waals surface area contributed by atoms with Crippen molar-refractivity contribution in [1.82, 2.24) is 4.31 Å². The minimum Gasteiger partial charge on any atom is -0.327 e. The Balaban J connectivity index is 0.00000128. The Morgan fingerprint density at radius 1 is 1.31 bits per heavy atom. The van der Waals surface area contributed by atoms with Crippen LogP contribution in [0.1, 0.15) is 26.2 Å². The Morgan fingerprint density at radius 3 is 2.44 bits per heavy atom. The topological polar surface area (TPSA) is 63.4 Å². The molecule has 2 atom stereocenters. The van der Waals surface area contributed by atoms with E-state index in [0.29, 0.717) is 24.8 Å². The largest absolute Gasteiger partial charge is 0.327 e. The van der Waals surface area contributed by atoms with Crippen molar-refractivity contribution >= 4 is 22.4 Å². The molecule has 1 heterocycles. The number of rotatable bonds is 3. The second-order valence-corrected chi connectivity index (χ2v) is 7.02. The van der Waals surface area contributed by atoms with Crippen molar-refractivity contribution in [2.75, 3.05) is 18.8 Å². The van der Waals surface area contributed by atoms with E-state index in [1.807, 2.05) is 6.92 Å². The summed E-state index contributed by atoms with van der Waals surface area (Å²) in [5.41, 5.74) is 5.88. The lowest BCUT2D eigenvalue weighted by Gasteiger charge is -2.34. The molecule has 16 heavy (non-hydrogen) atoms. The molecule has 0 spiro atoms. The Labute approximate surface area is 104 Å². The van der Waals surface area contributed by atoms with E-state index in [1.165, 1.54) is 0 Å². The fraction of sp³-hybridized carbons (Fsp3) is 1.00. The maximum absolute atomic E-state index is 12.0. The Kier molecular flexibility index (Phi) is 4.63. The van der Waals surface area contributed by atoms with E-state index in [-0.39, 0.29) is 24.4 Å². The van der Waals surface area contributed by atoms with Gasteiger partial charge in [-0.3, -0.25) is 0 Å². The van der Waals surface area contributed by atoms with Crippen LogP contribution < -0.4 is 5.73 Å². The molecule has 2 fully saturated rings. The molecule has 4 nitrogen and oxygen atoms in total. The molecule has 1 saturated carbocycles. The third-order valence-corrected chi connectivity index (χ3v) is 5.48. The van der Waals surface area contributed by atoms with Gasteiger partial charge in [-0.05, 0) is 31.1 Å². The Morgan fingerprint density at radius 2 is 1.94 bits per heavy atom. The highest BCUT2D eigenvalue weighted by atomic mass is 35.5. The van der Waals surface area contributed by atoms with Crippen molar-refractivity contribution < 1.29 is 8.42 Å². The molecule has 1 aliphatic heterocycles. The van der Waals surface area contributed by atoms with E-state index in [9.17, 15) is 8.42 Å². The Bertz CT molecular complexity index is 330. The van der Waals surface area contributed by atoms with Gasteiger partial charge in [0, 0.05) is 19.1 Å². The first-order valence-electron chi connectivity index (χ1n) is 5.72. The number of piperidine rings is 1. The second kappa shape index (κ2) is 5.21. The zero-order chi connectivity index (χ0) is 11.1. The predicted molar refractivity (Wildman–Crippen MR) is 67.1 cm³/mol. The molecule has 2 unspecified atom stereocenters. The fourth-order valence-corrected chi connectivity index (χ4v) is 4.05. The van der Waals surface area contributed by atoms with E-state index < -0.39 is 10.0 Å². The number of sulfonamides is 1. The average molecular weight is 269 g/mol. The maximum Gasteiger partial charge on any atom is 0.214 e. The van der Waals surface area contributed by atoms with Gasteiger partial charge in [0.1, 0.15) is 0 Å². The molecule has 6 heteroatoms. The minimum atomic E-state index is -3.00.